The van der Waals surface area contributed by atoms with Gasteiger partial charge in [-0.3, -0.25) is 0 Å². The normalized spacial score (nSPS) is 10.3. The second-order valence-corrected chi connectivity index (χ2v) is 5.06. The van der Waals surface area contributed by atoms with Crippen LogP contribution in [-0.4, -0.2) is 24.3 Å². The average molecular weight is 286 g/mol. The topological polar surface area (TPSA) is 58.9 Å². The van der Waals surface area contributed by atoms with Crippen LogP contribution in [0.2, 0.25) is 0 Å². The summed E-state index contributed by atoms with van der Waals surface area (Å²) in [4.78, 5) is 0. The van der Waals surface area contributed by atoms with Crippen molar-refractivity contribution in [3.8, 4) is 11.5 Å². The number of hydrogen-bond donors (Lipinski definition) is 2. The number of methoxy groups -OCH3 is 1. The lowest BCUT2D eigenvalue weighted by molar-refractivity contribution is 0.306. The van der Waals surface area contributed by atoms with Gasteiger partial charge in [0, 0.05) is 5.46 Å². The van der Waals surface area contributed by atoms with Crippen molar-refractivity contribution in [1.82, 2.24) is 0 Å². The van der Waals surface area contributed by atoms with Crippen LogP contribution in [0.5, 0.6) is 11.5 Å². The zero-order chi connectivity index (χ0) is 15.4. The van der Waals surface area contributed by atoms with Crippen LogP contribution in [0.1, 0.15) is 16.7 Å². The summed E-state index contributed by atoms with van der Waals surface area (Å²) >= 11 is 0. The van der Waals surface area contributed by atoms with Gasteiger partial charge >= 0.3 is 7.12 Å². The van der Waals surface area contributed by atoms with Gasteiger partial charge in [-0.1, -0.05) is 29.3 Å². The monoisotopic (exact) mass is 286 g/mol. The minimum atomic E-state index is -1.60. The predicted molar refractivity (Wildman–Crippen MR) is 83.1 cm³/mol. The fraction of sp³-hybridized carbons (Fsp3) is 0.250. The molecular weight excluding hydrogens is 267 g/mol. The molecule has 110 valence electrons. The first kappa shape index (κ1) is 15.4. The molecule has 0 fully saturated rings. The lowest BCUT2D eigenvalue weighted by Gasteiger charge is -2.13. The number of benzene rings is 2. The van der Waals surface area contributed by atoms with Crippen LogP contribution in [0, 0.1) is 13.8 Å². The summed E-state index contributed by atoms with van der Waals surface area (Å²) in [7, 11) is -0.0757. The van der Waals surface area contributed by atoms with Gasteiger partial charge in [-0.25, -0.2) is 0 Å². The van der Waals surface area contributed by atoms with Crippen molar-refractivity contribution in [3.63, 3.8) is 0 Å². The summed E-state index contributed by atoms with van der Waals surface area (Å²) in [5, 5.41) is 18.9. The van der Waals surface area contributed by atoms with E-state index in [-0.39, 0.29) is 0 Å². The zero-order valence-corrected chi connectivity index (χ0v) is 12.5. The molecule has 0 saturated heterocycles. The maximum Gasteiger partial charge on any atom is 0.492 e. The molecule has 0 radical (unpaired) electrons. The minimum absolute atomic E-state index is 0.290. The molecule has 4 nitrogen and oxygen atoms in total. The number of aryl methyl sites for hydroxylation is 2. The van der Waals surface area contributed by atoms with E-state index in [2.05, 4.69) is 6.07 Å². The third-order valence-corrected chi connectivity index (χ3v) is 3.17. The molecule has 0 aromatic heterocycles. The van der Waals surface area contributed by atoms with E-state index in [1.165, 1.54) is 18.2 Å². The third-order valence-electron chi connectivity index (χ3n) is 3.17. The number of hydrogen-bond acceptors (Lipinski definition) is 4. The molecule has 0 atom stereocenters. The van der Waals surface area contributed by atoms with Crippen molar-refractivity contribution in [1.29, 1.82) is 0 Å². The molecular formula is C16H19BO4. The van der Waals surface area contributed by atoms with Gasteiger partial charge in [-0.2, -0.15) is 0 Å². The molecule has 2 aromatic carbocycles. The Labute approximate surface area is 125 Å². The van der Waals surface area contributed by atoms with Gasteiger partial charge in [-0.15, -0.1) is 0 Å². The molecule has 5 heteroatoms. The van der Waals surface area contributed by atoms with Gasteiger partial charge in [0.2, 0.25) is 0 Å². The summed E-state index contributed by atoms with van der Waals surface area (Å²) in [6.45, 7) is 4.44. The Morgan fingerprint density at radius 3 is 2.24 bits per heavy atom. The van der Waals surface area contributed by atoms with Gasteiger partial charge < -0.3 is 19.5 Å². The average Bonchev–Trinajstić information content (AvgIpc) is 2.43. The molecule has 0 saturated carbocycles. The maximum atomic E-state index is 9.43. The van der Waals surface area contributed by atoms with E-state index < -0.39 is 7.12 Å². The Bertz CT molecular complexity index is 605. The van der Waals surface area contributed by atoms with Crippen LogP contribution >= 0.6 is 0 Å². The number of ether oxygens (including phenoxy) is 2. The Balaban J connectivity index is 2.19. The quantitative estimate of drug-likeness (QED) is 0.819. The Hall–Kier alpha value is -1.98. The summed E-state index contributed by atoms with van der Waals surface area (Å²) in [5.41, 5.74) is 3.68. The molecule has 2 aromatic rings. The van der Waals surface area contributed by atoms with Crippen molar-refractivity contribution >= 4 is 12.6 Å². The molecule has 0 aliphatic rings. The summed E-state index contributed by atoms with van der Waals surface area (Å²) < 4.78 is 10.8. The highest BCUT2D eigenvalue weighted by Gasteiger charge is 2.18. The van der Waals surface area contributed by atoms with E-state index in [0.717, 1.165) is 5.56 Å². The first-order valence-corrected chi connectivity index (χ1v) is 6.73. The van der Waals surface area contributed by atoms with Crippen LogP contribution < -0.4 is 14.9 Å². The van der Waals surface area contributed by atoms with E-state index >= 15 is 0 Å². The fourth-order valence-corrected chi connectivity index (χ4v) is 2.30. The largest absolute Gasteiger partial charge is 0.497 e. The Morgan fingerprint density at radius 1 is 1.00 bits per heavy atom. The SMILES string of the molecule is COc1ccc(OCc2cc(C)cc(C)c2)c(B(O)O)c1. The predicted octanol–water partition coefficient (Wildman–Crippen LogP) is 1.57. The Kier molecular flexibility index (Phi) is 4.88. The van der Waals surface area contributed by atoms with Crippen molar-refractivity contribution in [2.75, 3.05) is 7.11 Å². The lowest BCUT2D eigenvalue weighted by atomic mass is 9.79. The van der Waals surface area contributed by atoms with Crippen molar-refractivity contribution < 1.29 is 19.5 Å². The molecule has 0 spiro atoms. The standard InChI is InChI=1S/C16H19BO4/c1-11-6-12(2)8-13(7-11)10-21-16-5-4-14(20-3)9-15(16)17(18)19/h4-9,18-19H,10H2,1-3H3. The second-order valence-electron chi connectivity index (χ2n) is 5.06. The molecule has 0 bridgehead atoms. The summed E-state index contributed by atoms with van der Waals surface area (Å²) in [6.07, 6.45) is 0. The highest BCUT2D eigenvalue weighted by molar-refractivity contribution is 6.59. The van der Waals surface area contributed by atoms with E-state index in [1.807, 2.05) is 26.0 Å². The first-order valence-electron chi connectivity index (χ1n) is 6.73. The molecule has 0 heterocycles. The summed E-state index contributed by atoms with van der Waals surface area (Å²) in [5.74, 6) is 0.988. The molecule has 0 aliphatic carbocycles. The molecule has 21 heavy (non-hydrogen) atoms. The lowest BCUT2D eigenvalue weighted by Crippen LogP contribution is -2.31. The van der Waals surface area contributed by atoms with Gasteiger partial charge in [-0.05, 0) is 37.6 Å². The van der Waals surface area contributed by atoms with Crippen LogP contribution in [0.15, 0.2) is 36.4 Å². The van der Waals surface area contributed by atoms with Crippen molar-refractivity contribution in [2.24, 2.45) is 0 Å². The minimum Gasteiger partial charge on any atom is -0.497 e. The first-order chi connectivity index (χ1) is 9.99. The van der Waals surface area contributed by atoms with E-state index in [0.29, 0.717) is 23.6 Å². The molecule has 0 aliphatic heterocycles. The van der Waals surface area contributed by atoms with Crippen LogP contribution in [0.3, 0.4) is 0 Å². The van der Waals surface area contributed by atoms with Crippen LogP contribution in [0.4, 0.5) is 0 Å². The van der Waals surface area contributed by atoms with E-state index in [1.54, 1.807) is 18.2 Å². The highest BCUT2D eigenvalue weighted by Crippen LogP contribution is 2.18. The van der Waals surface area contributed by atoms with Gasteiger partial charge in [0.05, 0.1) is 7.11 Å². The molecule has 0 amide bonds. The third kappa shape index (κ3) is 4.00. The van der Waals surface area contributed by atoms with E-state index in [9.17, 15) is 10.0 Å². The van der Waals surface area contributed by atoms with Gasteiger partial charge in [0.25, 0.3) is 0 Å². The van der Waals surface area contributed by atoms with E-state index in [4.69, 9.17) is 9.47 Å². The van der Waals surface area contributed by atoms with Gasteiger partial charge in [0.15, 0.2) is 0 Å². The molecule has 2 N–H and O–H groups in total. The smallest absolute Gasteiger partial charge is 0.492 e. The zero-order valence-electron chi connectivity index (χ0n) is 12.5. The van der Waals surface area contributed by atoms with Gasteiger partial charge in [0.1, 0.15) is 18.1 Å². The van der Waals surface area contributed by atoms with Crippen molar-refractivity contribution in [2.45, 2.75) is 20.5 Å². The highest BCUT2D eigenvalue weighted by atomic mass is 16.5. The fourth-order valence-electron chi connectivity index (χ4n) is 2.30. The molecule has 0 unspecified atom stereocenters. The maximum absolute atomic E-state index is 9.43. The van der Waals surface area contributed by atoms with Crippen molar-refractivity contribution in [3.05, 3.63) is 53.1 Å². The van der Waals surface area contributed by atoms with Crippen LogP contribution in [0.25, 0.3) is 0 Å². The summed E-state index contributed by atoms with van der Waals surface area (Å²) in [6, 6.07) is 11.2. The molecule has 2 rings (SSSR count). The Morgan fingerprint density at radius 2 is 1.67 bits per heavy atom. The van der Waals surface area contributed by atoms with Crippen LogP contribution in [-0.2, 0) is 6.61 Å². The second kappa shape index (κ2) is 6.65. The number of rotatable bonds is 5.